The van der Waals surface area contributed by atoms with Crippen molar-refractivity contribution in [3.63, 3.8) is 0 Å². The molecule has 0 aliphatic carbocycles. The Morgan fingerprint density at radius 2 is 2.05 bits per heavy atom. The molecule has 0 aliphatic rings. The van der Waals surface area contributed by atoms with Crippen LogP contribution in [0.2, 0.25) is 0 Å². The first-order valence-corrected chi connectivity index (χ1v) is 7.84. The average Bonchev–Trinajstić information content (AvgIpc) is 2.36. The molecule has 0 heterocycles. The molecule has 0 saturated heterocycles. The summed E-state index contributed by atoms with van der Waals surface area (Å²) in [4.78, 5) is -0.141. The van der Waals surface area contributed by atoms with Gasteiger partial charge in [-0.1, -0.05) is 13.8 Å². The Kier molecular flexibility index (Phi) is 5.91. The van der Waals surface area contributed by atoms with Gasteiger partial charge in [-0.15, -0.1) is 0 Å². The minimum atomic E-state index is -3.79. The van der Waals surface area contributed by atoms with Crippen molar-refractivity contribution in [1.82, 2.24) is 4.72 Å². The van der Waals surface area contributed by atoms with Gasteiger partial charge in [-0.25, -0.2) is 17.5 Å². The zero-order valence-corrected chi connectivity index (χ0v) is 12.7. The third-order valence-corrected chi connectivity index (χ3v) is 4.31. The van der Waals surface area contributed by atoms with E-state index >= 15 is 0 Å². The molecule has 5 nitrogen and oxygen atoms in total. The number of nitrogens with two attached hydrogens (primary N) is 1. The van der Waals surface area contributed by atoms with Gasteiger partial charge in [0.05, 0.1) is 12.0 Å². The molecule has 0 bridgehead atoms. The van der Waals surface area contributed by atoms with Crippen LogP contribution in [-0.2, 0) is 10.0 Å². The van der Waals surface area contributed by atoms with Crippen molar-refractivity contribution in [1.29, 1.82) is 0 Å². The lowest BCUT2D eigenvalue weighted by molar-refractivity contribution is 0.385. The first-order valence-electron chi connectivity index (χ1n) is 6.36. The first-order chi connectivity index (χ1) is 9.30. The molecule has 0 spiro atoms. The summed E-state index contributed by atoms with van der Waals surface area (Å²) in [5.74, 6) is -0.413. The van der Waals surface area contributed by atoms with Crippen molar-refractivity contribution < 1.29 is 17.5 Å². The van der Waals surface area contributed by atoms with Crippen LogP contribution < -0.4 is 15.2 Å². The second kappa shape index (κ2) is 7.01. The molecular formula is C13H21FN2O3S. The number of nitrogens with one attached hydrogen (secondary N) is 1. The molecule has 0 fully saturated rings. The molecule has 20 heavy (non-hydrogen) atoms. The summed E-state index contributed by atoms with van der Waals surface area (Å²) in [6.07, 6.45) is 0.619. The Bertz CT molecular complexity index is 547. The molecule has 114 valence electrons. The van der Waals surface area contributed by atoms with E-state index in [2.05, 4.69) is 4.72 Å². The highest BCUT2D eigenvalue weighted by Crippen LogP contribution is 2.21. The lowest BCUT2D eigenvalue weighted by Gasteiger charge is -2.19. The van der Waals surface area contributed by atoms with E-state index in [1.54, 1.807) is 0 Å². The monoisotopic (exact) mass is 304 g/mol. The van der Waals surface area contributed by atoms with E-state index in [0.29, 0.717) is 12.3 Å². The Hall–Kier alpha value is -1.18. The van der Waals surface area contributed by atoms with Gasteiger partial charge in [0.15, 0.2) is 11.6 Å². The van der Waals surface area contributed by atoms with E-state index in [4.69, 9.17) is 10.5 Å². The zero-order chi connectivity index (χ0) is 15.3. The topological polar surface area (TPSA) is 81.4 Å². The van der Waals surface area contributed by atoms with Gasteiger partial charge < -0.3 is 10.5 Å². The maximum absolute atomic E-state index is 13.6. The van der Waals surface area contributed by atoms with Gasteiger partial charge in [0.2, 0.25) is 10.0 Å². The number of hydrogen-bond donors (Lipinski definition) is 2. The fourth-order valence-electron chi connectivity index (χ4n) is 1.86. The second-order valence-electron chi connectivity index (χ2n) is 4.98. The molecule has 1 unspecified atom stereocenters. The van der Waals surface area contributed by atoms with Crippen molar-refractivity contribution in [2.75, 3.05) is 13.7 Å². The summed E-state index contributed by atoms with van der Waals surface area (Å²) in [6.45, 7) is 4.14. The molecule has 3 N–H and O–H groups in total. The van der Waals surface area contributed by atoms with Crippen molar-refractivity contribution >= 4 is 10.0 Å². The zero-order valence-electron chi connectivity index (χ0n) is 11.9. The van der Waals surface area contributed by atoms with Crippen LogP contribution >= 0.6 is 0 Å². The van der Waals surface area contributed by atoms with Crippen LogP contribution in [0.1, 0.15) is 20.3 Å². The number of hydrogen-bond acceptors (Lipinski definition) is 4. The number of rotatable bonds is 7. The fourth-order valence-corrected chi connectivity index (χ4v) is 3.14. The molecule has 0 aromatic heterocycles. The Morgan fingerprint density at radius 1 is 1.40 bits per heavy atom. The van der Waals surface area contributed by atoms with E-state index < -0.39 is 15.8 Å². The van der Waals surface area contributed by atoms with Crippen molar-refractivity contribution in [2.24, 2.45) is 11.7 Å². The summed E-state index contributed by atoms with van der Waals surface area (Å²) in [5.41, 5.74) is 5.56. The van der Waals surface area contributed by atoms with Crippen LogP contribution in [0.25, 0.3) is 0 Å². The molecule has 1 aromatic rings. The molecule has 1 atom stereocenters. The Balaban J connectivity index is 2.95. The van der Waals surface area contributed by atoms with Crippen LogP contribution in [0.3, 0.4) is 0 Å². The van der Waals surface area contributed by atoms with Gasteiger partial charge in [-0.05, 0) is 30.5 Å². The lowest BCUT2D eigenvalue weighted by Crippen LogP contribution is -2.41. The second-order valence-corrected chi connectivity index (χ2v) is 6.69. The summed E-state index contributed by atoms with van der Waals surface area (Å²) < 4.78 is 45.1. The number of methoxy groups -OCH3 is 1. The summed E-state index contributed by atoms with van der Waals surface area (Å²) >= 11 is 0. The molecular weight excluding hydrogens is 283 g/mol. The molecule has 0 radical (unpaired) electrons. The Morgan fingerprint density at radius 3 is 2.50 bits per heavy atom. The third-order valence-electron chi connectivity index (χ3n) is 2.80. The lowest BCUT2D eigenvalue weighted by atomic mass is 10.1. The third kappa shape index (κ3) is 4.43. The molecule has 1 rings (SSSR count). The number of sulfonamides is 1. The maximum Gasteiger partial charge on any atom is 0.240 e. The van der Waals surface area contributed by atoms with Gasteiger partial charge in [0.25, 0.3) is 0 Å². The summed E-state index contributed by atoms with van der Waals surface area (Å²) in [6, 6.07) is 3.14. The van der Waals surface area contributed by atoms with Gasteiger partial charge in [0, 0.05) is 12.6 Å². The average molecular weight is 304 g/mol. The van der Waals surface area contributed by atoms with E-state index in [1.165, 1.54) is 19.2 Å². The highest BCUT2D eigenvalue weighted by molar-refractivity contribution is 7.89. The minimum absolute atomic E-state index is 0.00139. The molecule has 0 saturated carbocycles. The van der Waals surface area contributed by atoms with Gasteiger partial charge in [-0.2, -0.15) is 0 Å². The SMILES string of the molecule is COc1ccc(S(=O)(=O)NC(CN)CC(C)C)cc1F. The largest absolute Gasteiger partial charge is 0.494 e. The number of benzene rings is 1. The van der Waals surface area contributed by atoms with E-state index in [-0.39, 0.29) is 23.2 Å². The van der Waals surface area contributed by atoms with Crippen LogP contribution in [0.4, 0.5) is 4.39 Å². The van der Waals surface area contributed by atoms with E-state index in [9.17, 15) is 12.8 Å². The molecule has 0 aliphatic heterocycles. The highest BCUT2D eigenvalue weighted by Gasteiger charge is 2.21. The van der Waals surface area contributed by atoms with Gasteiger partial charge in [0.1, 0.15) is 0 Å². The number of ether oxygens (including phenoxy) is 1. The molecule has 0 amide bonds. The Labute approximate surface area is 119 Å². The van der Waals surface area contributed by atoms with Gasteiger partial charge >= 0.3 is 0 Å². The predicted molar refractivity (Wildman–Crippen MR) is 75.6 cm³/mol. The summed E-state index contributed by atoms with van der Waals surface area (Å²) in [7, 11) is -2.47. The fraction of sp³-hybridized carbons (Fsp3) is 0.538. The minimum Gasteiger partial charge on any atom is -0.494 e. The molecule has 7 heteroatoms. The van der Waals surface area contributed by atoms with Crippen LogP contribution in [0, 0.1) is 11.7 Å². The van der Waals surface area contributed by atoms with Crippen LogP contribution in [0.15, 0.2) is 23.1 Å². The first kappa shape index (κ1) is 16.9. The quantitative estimate of drug-likeness (QED) is 0.799. The summed E-state index contributed by atoms with van der Waals surface area (Å²) in [5, 5.41) is 0. The standard InChI is InChI=1S/C13H21FN2O3S/c1-9(2)6-10(8-15)16-20(17,18)11-4-5-13(19-3)12(14)7-11/h4-5,7,9-10,16H,6,8,15H2,1-3H3. The van der Waals surface area contributed by atoms with Crippen molar-refractivity contribution in [3.8, 4) is 5.75 Å². The van der Waals surface area contributed by atoms with E-state index in [0.717, 1.165) is 6.07 Å². The molecule has 1 aromatic carbocycles. The smallest absolute Gasteiger partial charge is 0.240 e. The van der Waals surface area contributed by atoms with Gasteiger partial charge in [-0.3, -0.25) is 0 Å². The van der Waals surface area contributed by atoms with Crippen LogP contribution in [0.5, 0.6) is 5.75 Å². The number of halogens is 1. The van der Waals surface area contributed by atoms with E-state index in [1.807, 2.05) is 13.8 Å². The van der Waals surface area contributed by atoms with Crippen molar-refractivity contribution in [2.45, 2.75) is 31.2 Å². The maximum atomic E-state index is 13.6. The van der Waals surface area contributed by atoms with Crippen LogP contribution in [-0.4, -0.2) is 28.1 Å². The normalized spacial score (nSPS) is 13.5. The predicted octanol–water partition coefficient (Wildman–Crippen LogP) is 1.49. The van der Waals surface area contributed by atoms with Crippen molar-refractivity contribution in [3.05, 3.63) is 24.0 Å². The highest BCUT2D eigenvalue weighted by atomic mass is 32.2.